The van der Waals surface area contributed by atoms with Crippen molar-refractivity contribution in [1.29, 1.82) is 0 Å². The number of primary amides is 1. The van der Waals surface area contributed by atoms with Crippen molar-refractivity contribution in [1.82, 2.24) is 0 Å². The Kier molecular flexibility index (Phi) is 3.96. The molecule has 0 radical (unpaired) electrons. The Morgan fingerprint density at radius 1 is 1.45 bits per heavy atom. The van der Waals surface area contributed by atoms with Crippen molar-refractivity contribution in [3.63, 3.8) is 0 Å². The van der Waals surface area contributed by atoms with Crippen molar-refractivity contribution >= 4 is 17.3 Å². The van der Waals surface area contributed by atoms with E-state index in [0.717, 1.165) is 11.0 Å². The van der Waals surface area contributed by atoms with Crippen LogP contribution in [0.5, 0.6) is 0 Å². The molecule has 0 bridgehead atoms. The Balaban J connectivity index is 2.51. The van der Waals surface area contributed by atoms with Crippen LogP contribution in [0.15, 0.2) is 18.2 Å². The first kappa shape index (κ1) is 16.0. The number of aliphatic hydroxyl groups excluding tert-OH is 1. The molecule has 22 heavy (non-hydrogen) atoms. The maximum Gasteiger partial charge on any atom is 0.416 e. The summed E-state index contributed by atoms with van der Waals surface area (Å²) in [6.45, 7) is -0.125. The molecule has 0 spiro atoms. The minimum absolute atomic E-state index is 0.0342. The van der Waals surface area contributed by atoms with Gasteiger partial charge in [-0.3, -0.25) is 14.9 Å². The first-order chi connectivity index (χ1) is 10.1. The summed E-state index contributed by atoms with van der Waals surface area (Å²) in [6.07, 6.45) is -5.70. The number of alkyl halides is 3. The quantitative estimate of drug-likeness (QED) is 0.639. The van der Waals surface area contributed by atoms with Crippen LogP contribution in [0.4, 0.5) is 24.5 Å². The lowest BCUT2D eigenvalue weighted by Gasteiger charge is -2.24. The molecule has 1 heterocycles. The van der Waals surface area contributed by atoms with E-state index in [1.165, 1.54) is 0 Å². The Morgan fingerprint density at radius 3 is 2.59 bits per heavy atom. The molecule has 2 unspecified atom stereocenters. The average Bonchev–Trinajstić information content (AvgIpc) is 2.79. The number of amides is 1. The summed E-state index contributed by atoms with van der Waals surface area (Å²) < 4.78 is 38.0. The van der Waals surface area contributed by atoms with Crippen LogP contribution in [0.25, 0.3) is 0 Å². The molecule has 120 valence electrons. The number of hydrogen-bond donors (Lipinski definition) is 2. The minimum atomic E-state index is -4.73. The lowest BCUT2D eigenvalue weighted by molar-refractivity contribution is -0.384. The molecule has 10 heteroatoms. The maximum absolute atomic E-state index is 12.7. The predicted octanol–water partition coefficient (Wildman–Crippen LogP) is 1.04. The Labute approximate surface area is 122 Å². The number of carbonyl (C=O) groups is 1. The standard InChI is InChI=1S/C12H12F3N3O4/c13-12(14,15)6-1-2-8(9(3-6)18(21)22)17-5-7(19)4-10(17)11(16)20/h1-3,7,10,19H,4-5H2,(H2,16,20). The predicted molar refractivity (Wildman–Crippen MR) is 69.1 cm³/mol. The normalized spacial score (nSPS) is 21.9. The van der Waals surface area contributed by atoms with Gasteiger partial charge in [0.15, 0.2) is 0 Å². The van der Waals surface area contributed by atoms with Crippen molar-refractivity contribution in [2.45, 2.75) is 24.7 Å². The third-order valence-corrected chi connectivity index (χ3v) is 3.42. The van der Waals surface area contributed by atoms with Crippen molar-refractivity contribution < 1.29 is 28.0 Å². The molecular weight excluding hydrogens is 307 g/mol. The summed E-state index contributed by atoms with van der Waals surface area (Å²) in [5, 5.41) is 20.6. The molecule has 1 aliphatic heterocycles. The maximum atomic E-state index is 12.7. The molecule has 1 aromatic carbocycles. The summed E-state index contributed by atoms with van der Waals surface area (Å²) in [6, 6.07) is 0.989. The molecule has 1 saturated heterocycles. The van der Waals surface area contributed by atoms with Crippen molar-refractivity contribution in [2.75, 3.05) is 11.4 Å². The topological polar surface area (TPSA) is 110 Å². The lowest BCUT2D eigenvalue weighted by atomic mass is 10.1. The van der Waals surface area contributed by atoms with Crippen molar-refractivity contribution in [2.24, 2.45) is 5.73 Å². The highest BCUT2D eigenvalue weighted by Gasteiger charge is 2.39. The minimum Gasteiger partial charge on any atom is -0.391 e. The molecule has 0 aliphatic carbocycles. The summed E-state index contributed by atoms with van der Waals surface area (Å²) in [5.74, 6) is -0.814. The fraction of sp³-hybridized carbons (Fsp3) is 0.417. The van der Waals surface area contributed by atoms with E-state index >= 15 is 0 Å². The van der Waals surface area contributed by atoms with Crippen LogP contribution in [-0.2, 0) is 11.0 Å². The zero-order chi connectivity index (χ0) is 16.7. The van der Waals surface area contributed by atoms with Gasteiger partial charge in [-0.1, -0.05) is 0 Å². The van der Waals surface area contributed by atoms with E-state index in [4.69, 9.17) is 5.73 Å². The van der Waals surface area contributed by atoms with E-state index in [1.54, 1.807) is 0 Å². The number of nitro groups is 1. The van der Waals surface area contributed by atoms with E-state index in [-0.39, 0.29) is 18.7 Å². The number of nitrogens with two attached hydrogens (primary N) is 1. The van der Waals surface area contributed by atoms with Crippen LogP contribution in [0.2, 0.25) is 0 Å². The number of halogens is 3. The number of rotatable bonds is 3. The van der Waals surface area contributed by atoms with Crippen LogP contribution in [0.3, 0.4) is 0 Å². The van der Waals surface area contributed by atoms with Gasteiger partial charge in [0.2, 0.25) is 5.91 Å². The van der Waals surface area contributed by atoms with Crippen LogP contribution >= 0.6 is 0 Å². The molecule has 7 nitrogen and oxygen atoms in total. The second-order valence-corrected chi connectivity index (χ2v) is 4.92. The van der Waals surface area contributed by atoms with Gasteiger partial charge in [-0.25, -0.2) is 0 Å². The molecule has 1 aromatic rings. The number of anilines is 1. The fourth-order valence-corrected chi connectivity index (χ4v) is 2.44. The second kappa shape index (κ2) is 5.44. The van der Waals surface area contributed by atoms with E-state index in [0.29, 0.717) is 12.1 Å². The third kappa shape index (κ3) is 2.96. The van der Waals surface area contributed by atoms with Crippen LogP contribution < -0.4 is 10.6 Å². The highest BCUT2D eigenvalue weighted by atomic mass is 19.4. The summed E-state index contributed by atoms with van der Waals surface area (Å²) in [4.78, 5) is 22.6. The first-order valence-electron chi connectivity index (χ1n) is 6.21. The van der Waals surface area contributed by atoms with Gasteiger partial charge < -0.3 is 15.7 Å². The van der Waals surface area contributed by atoms with Gasteiger partial charge in [0.25, 0.3) is 5.69 Å². The highest BCUT2D eigenvalue weighted by Crippen LogP contribution is 2.38. The Bertz CT molecular complexity index is 620. The molecule has 3 N–H and O–H groups in total. The molecule has 2 atom stereocenters. The highest BCUT2D eigenvalue weighted by molar-refractivity contribution is 5.85. The van der Waals surface area contributed by atoms with E-state index in [9.17, 15) is 33.2 Å². The number of benzene rings is 1. The monoisotopic (exact) mass is 319 g/mol. The number of β-amino-alcohol motifs (C(OH)–C–C–N with tert-alkyl or cyclic N) is 1. The third-order valence-electron chi connectivity index (χ3n) is 3.42. The molecule has 1 fully saturated rings. The van der Waals surface area contributed by atoms with Gasteiger partial charge in [0.05, 0.1) is 16.6 Å². The lowest BCUT2D eigenvalue weighted by Crippen LogP contribution is -2.40. The Morgan fingerprint density at radius 2 is 2.09 bits per heavy atom. The largest absolute Gasteiger partial charge is 0.416 e. The van der Waals surface area contributed by atoms with Crippen LogP contribution in [-0.4, -0.2) is 34.6 Å². The number of nitrogens with zero attached hydrogens (tertiary/aromatic N) is 2. The van der Waals surface area contributed by atoms with Gasteiger partial charge in [-0.2, -0.15) is 13.2 Å². The van der Waals surface area contributed by atoms with E-state index < -0.39 is 40.4 Å². The molecule has 0 saturated carbocycles. The molecule has 0 aromatic heterocycles. The van der Waals surface area contributed by atoms with Gasteiger partial charge in [0, 0.05) is 19.0 Å². The number of aliphatic hydroxyl groups is 1. The summed E-state index contributed by atoms with van der Waals surface area (Å²) in [7, 11) is 0. The van der Waals surface area contributed by atoms with Gasteiger partial charge in [0.1, 0.15) is 11.7 Å². The van der Waals surface area contributed by atoms with Crippen molar-refractivity contribution in [3.8, 4) is 0 Å². The van der Waals surface area contributed by atoms with Gasteiger partial charge >= 0.3 is 6.18 Å². The molecular formula is C12H12F3N3O4. The number of carbonyl (C=O) groups excluding carboxylic acids is 1. The first-order valence-corrected chi connectivity index (χ1v) is 6.21. The SMILES string of the molecule is NC(=O)C1CC(O)CN1c1ccc(C(F)(F)F)cc1[N+](=O)[O-]. The molecule has 1 aliphatic rings. The van der Waals surface area contributed by atoms with Crippen LogP contribution in [0, 0.1) is 10.1 Å². The molecule has 1 amide bonds. The van der Waals surface area contributed by atoms with Crippen molar-refractivity contribution in [3.05, 3.63) is 33.9 Å². The fourth-order valence-electron chi connectivity index (χ4n) is 2.44. The van der Waals surface area contributed by atoms with Gasteiger partial charge in [-0.15, -0.1) is 0 Å². The zero-order valence-corrected chi connectivity index (χ0v) is 11.1. The molecule has 2 rings (SSSR count). The van der Waals surface area contributed by atoms with E-state index in [2.05, 4.69) is 0 Å². The average molecular weight is 319 g/mol. The summed E-state index contributed by atoms with van der Waals surface area (Å²) in [5.41, 5.74) is 3.03. The number of nitro benzene ring substituents is 1. The number of hydrogen-bond acceptors (Lipinski definition) is 5. The van der Waals surface area contributed by atoms with E-state index in [1.807, 2.05) is 0 Å². The van der Waals surface area contributed by atoms with Gasteiger partial charge in [-0.05, 0) is 12.1 Å². The smallest absolute Gasteiger partial charge is 0.391 e. The second-order valence-electron chi connectivity index (χ2n) is 4.92. The summed E-state index contributed by atoms with van der Waals surface area (Å²) >= 11 is 0. The zero-order valence-electron chi connectivity index (χ0n) is 11.1. The van der Waals surface area contributed by atoms with Crippen LogP contribution in [0.1, 0.15) is 12.0 Å². The Hall–Kier alpha value is -2.36.